The van der Waals surface area contributed by atoms with E-state index >= 15 is 0 Å². The molecule has 0 aliphatic carbocycles. The number of alkyl halides is 3. The summed E-state index contributed by atoms with van der Waals surface area (Å²) in [5.41, 5.74) is -0.330. The van der Waals surface area contributed by atoms with Crippen LogP contribution in [0, 0.1) is 0 Å². The Morgan fingerprint density at radius 2 is 2.00 bits per heavy atom. The van der Waals surface area contributed by atoms with Gasteiger partial charge < -0.3 is 20.4 Å². The molecule has 1 saturated heterocycles. The third-order valence-electron chi connectivity index (χ3n) is 4.76. The molecule has 2 N–H and O–H groups in total. The van der Waals surface area contributed by atoms with Crippen LogP contribution in [0.25, 0.3) is 0 Å². The normalized spacial score (nSPS) is 16.5. The van der Waals surface area contributed by atoms with Gasteiger partial charge in [0.25, 0.3) is 0 Å². The lowest BCUT2D eigenvalue weighted by Crippen LogP contribution is -2.47. The van der Waals surface area contributed by atoms with Crippen molar-refractivity contribution in [3.63, 3.8) is 0 Å². The summed E-state index contributed by atoms with van der Waals surface area (Å²) in [4.78, 5) is 31.3. The monoisotopic (exact) mass is 555 g/mol. The predicted molar refractivity (Wildman–Crippen MR) is 123 cm³/mol. The van der Waals surface area contributed by atoms with E-state index in [4.69, 9.17) is 0 Å². The molecule has 31 heavy (non-hydrogen) atoms. The third kappa shape index (κ3) is 8.54. The van der Waals surface area contributed by atoms with Crippen molar-refractivity contribution in [2.45, 2.75) is 38.5 Å². The number of nitrogens with zero attached hydrogens (tertiary/aromatic N) is 3. The molecule has 2 rings (SSSR count). The number of benzene rings is 1. The van der Waals surface area contributed by atoms with Crippen LogP contribution in [0.4, 0.5) is 13.2 Å². The minimum Gasteiger partial charge on any atom is -0.352 e. The highest BCUT2D eigenvalue weighted by Gasteiger charge is 2.30. The number of rotatable bonds is 6. The summed E-state index contributed by atoms with van der Waals surface area (Å²) >= 11 is 0. The summed E-state index contributed by atoms with van der Waals surface area (Å²) in [5.74, 6) is 0.216. The number of hydrogen-bond donors (Lipinski definition) is 2. The molecular weight excluding hydrogens is 526 g/mol. The van der Waals surface area contributed by atoms with Crippen molar-refractivity contribution in [2.75, 3.05) is 33.7 Å². The van der Waals surface area contributed by atoms with E-state index in [1.54, 1.807) is 32.0 Å². The predicted octanol–water partition coefficient (Wildman–Crippen LogP) is 2.46. The van der Waals surface area contributed by atoms with Gasteiger partial charge in [-0.25, -0.2) is 4.99 Å². The van der Waals surface area contributed by atoms with Crippen LogP contribution in [0.15, 0.2) is 29.3 Å². The molecule has 1 heterocycles. The average Bonchev–Trinajstić information content (AvgIpc) is 3.17. The molecule has 1 aromatic rings. The lowest BCUT2D eigenvalue weighted by molar-refractivity contribution is -0.137. The Balaban J connectivity index is 0.00000480. The van der Waals surface area contributed by atoms with Gasteiger partial charge in [0.05, 0.1) is 18.7 Å². The van der Waals surface area contributed by atoms with E-state index in [0.717, 1.165) is 18.6 Å². The van der Waals surface area contributed by atoms with Gasteiger partial charge in [-0.05, 0) is 24.1 Å². The highest BCUT2D eigenvalue weighted by Crippen LogP contribution is 2.29. The van der Waals surface area contributed by atoms with Crippen molar-refractivity contribution in [3.05, 3.63) is 35.4 Å². The number of carbonyl (C=O) groups excluding carboxylic acids is 2. The van der Waals surface area contributed by atoms with Gasteiger partial charge in [-0.1, -0.05) is 19.1 Å². The van der Waals surface area contributed by atoms with Gasteiger partial charge in [-0.15, -0.1) is 24.0 Å². The Bertz CT molecular complexity index is 786. The second-order valence-electron chi connectivity index (χ2n) is 7.33. The van der Waals surface area contributed by atoms with Crippen LogP contribution in [0.2, 0.25) is 0 Å². The van der Waals surface area contributed by atoms with Crippen LogP contribution in [-0.4, -0.2) is 67.3 Å². The Morgan fingerprint density at radius 3 is 2.61 bits per heavy atom. The highest BCUT2D eigenvalue weighted by molar-refractivity contribution is 14.0. The first kappa shape index (κ1) is 27.0. The van der Waals surface area contributed by atoms with Crippen molar-refractivity contribution in [3.8, 4) is 0 Å². The molecule has 2 amide bonds. The quantitative estimate of drug-likeness (QED) is 0.322. The van der Waals surface area contributed by atoms with Crippen LogP contribution >= 0.6 is 24.0 Å². The Morgan fingerprint density at radius 1 is 1.29 bits per heavy atom. The van der Waals surface area contributed by atoms with E-state index in [1.807, 2.05) is 0 Å². The molecular formula is C20H29F3IN5O2. The molecule has 1 aliphatic rings. The topological polar surface area (TPSA) is 77.0 Å². The fourth-order valence-corrected chi connectivity index (χ4v) is 3.01. The molecule has 0 radical (unpaired) electrons. The summed E-state index contributed by atoms with van der Waals surface area (Å²) < 4.78 is 38.8. The van der Waals surface area contributed by atoms with Gasteiger partial charge in [-0.3, -0.25) is 9.59 Å². The molecule has 11 heteroatoms. The number of carbonyl (C=O) groups is 2. The number of amides is 2. The van der Waals surface area contributed by atoms with E-state index in [2.05, 4.69) is 15.6 Å². The second-order valence-corrected chi connectivity index (χ2v) is 7.33. The molecule has 0 saturated carbocycles. The van der Waals surface area contributed by atoms with Gasteiger partial charge in [-0.2, -0.15) is 13.2 Å². The number of likely N-dealkylation sites (N-methyl/N-ethyl adjacent to an activating group) is 1. The van der Waals surface area contributed by atoms with Crippen LogP contribution in [0.5, 0.6) is 0 Å². The molecule has 1 aromatic carbocycles. The van der Waals surface area contributed by atoms with Gasteiger partial charge in [0.2, 0.25) is 11.8 Å². The number of nitrogens with one attached hydrogen (secondary N) is 2. The Labute approximate surface area is 197 Å². The van der Waals surface area contributed by atoms with Crippen molar-refractivity contribution < 1.29 is 22.8 Å². The summed E-state index contributed by atoms with van der Waals surface area (Å²) in [6.45, 7) is 2.95. The van der Waals surface area contributed by atoms with Crippen LogP contribution < -0.4 is 10.6 Å². The molecule has 7 nitrogen and oxygen atoms in total. The van der Waals surface area contributed by atoms with Gasteiger partial charge in [0.1, 0.15) is 0 Å². The number of aliphatic imine (C=N–C) groups is 1. The fourth-order valence-electron chi connectivity index (χ4n) is 3.01. The van der Waals surface area contributed by atoms with E-state index < -0.39 is 11.7 Å². The average molecular weight is 555 g/mol. The second kappa shape index (κ2) is 12.1. The van der Waals surface area contributed by atoms with Gasteiger partial charge in [0.15, 0.2) is 5.96 Å². The summed E-state index contributed by atoms with van der Waals surface area (Å²) in [7, 11) is 3.25. The van der Waals surface area contributed by atoms with Crippen LogP contribution in [0.1, 0.15) is 30.9 Å². The number of hydrogen-bond acceptors (Lipinski definition) is 3. The maximum atomic E-state index is 12.9. The standard InChI is InChI=1S/C20H28F3N5O2.HI/c1-4-17(29)28-9-8-16(13-28)26-19(25-12-18(30)27(2)3)24-11-14-6-5-7-15(10-14)20(21,22)23;/h5-7,10,16H,4,8-9,11-13H2,1-3H3,(H2,24,25,26);1H. The molecule has 0 spiro atoms. The largest absolute Gasteiger partial charge is 0.416 e. The lowest BCUT2D eigenvalue weighted by Gasteiger charge is -2.20. The Hall–Kier alpha value is -2.05. The first-order valence-corrected chi connectivity index (χ1v) is 9.79. The van der Waals surface area contributed by atoms with Gasteiger partial charge >= 0.3 is 6.18 Å². The Kier molecular flexibility index (Phi) is 10.5. The van der Waals surface area contributed by atoms with Crippen LogP contribution in [0.3, 0.4) is 0 Å². The van der Waals surface area contributed by atoms with Crippen molar-refractivity contribution >= 4 is 41.8 Å². The molecule has 0 aromatic heterocycles. The number of halogens is 4. The first-order chi connectivity index (χ1) is 14.1. The van der Waals surface area contributed by atoms with E-state index in [0.29, 0.717) is 31.0 Å². The molecule has 1 atom stereocenters. The fraction of sp³-hybridized carbons (Fsp3) is 0.550. The summed E-state index contributed by atoms with van der Waals surface area (Å²) in [5, 5.41) is 6.11. The van der Waals surface area contributed by atoms with Crippen molar-refractivity contribution in [1.29, 1.82) is 0 Å². The van der Waals surface area contributed by atoms with Crippen molar-refractivity contribution in [1.82, 2.24) is 20.4 Å². The molecule has 1 aliphatic heterocycles. The third-order valence-corrected chi connectivity index (χ3v) is 4.76. The maximum Gasteiger partial charge on any atom is 0.416 e. The molecule has 174 valence electrons. The van der Waals surface area contributed by atoms with E-state index in [-0.39, 0.29) is 54.9 Å². The number of guanidine groups is 1. The zero-order chi connectivity index (χ0) is 22.3. The zero-order valence-electron chi connectivity index (χ0n) is 17.8. The lowest BCUT2D eigenvalue weighted by atomic mass is 10.1. The van der Waals surface area contributed by atoms with Gasteiger partial charge in [0, 0.05) is 39.6 Å². The zero-order valence-corrected chi connectivity index (χ0v) is 20.2. The smallest absolute Gasteiger partial charge is 0.352 e. The summed E-state index contributed by atoms with van der Waals surface area (Å²) in [6, 6.07) is 4.93. The minimum atomic E-state index is -4.42. The number of likely N-dealkylation sites (tertiary alicyclic amines) is 1. The first-order valence-electron chi connectivity index (χ1n) is 9.79. The van der Waals surface area contributed by atoms with E-state index in [1.165, 1.54) is 11.0 Å². The molecule has 1 fully saturated rings. The van der Waals surface area contributed by atoms with Crippen molar-refractivity contribution in [2.24, 2.45) is 4.99 Å². The SMILES string of the molecule is CCC(=O)N1CCC(NC(=NCc2cccc(C(F)(F)F)c2)NCC(=O)N(C)C)C1.I. The van der Waals surface area contributed by atoms with Crippen LogP contribution in [-0.2, 0) is 22.3 Å². The maximum absolute atomic E-state index is 12.9. The highest BCUT2D eigenvalue weighted by atomic mass is 127. The van der Waals surface area contributed by atoms with E-state index in [9.17, 15) is 22.8 Å². The molecule has 1 unspecified atom stereocenters. The minimum absolute atomic E-state index is 0. The summed E-state index contributed by atoms with van der Waals surface area (Å²) in [6.07, 6.45) is -3.27. The molecule has 0 bridgehead atoms.